The average molecular weight is 406 g/mol. The maximum absolute atomic E-state index is 12.9. The van der Waals surface area contributed by atoms with Gasteiger partial charge >= 0.3 is 5.97 Å². The van der Waals surface area contributed by atoms with Gasteiger partial charge in [-0.2, -0.15) is 5.10 Å². The summed E-state index contributed by atoms with van der Waals surface area (Å²) in [5, 5.41) is 3.88. The van der Waals surface area contributed by atoms with Gasteiger partial charge in [0, 0.05) is 5.56 Å². The fraction of sp³-hybridized carbons (Fsp3) is 0.0870. The summed E-state index contributed by atoms with van der Waals surface area (Å²) in [6.07, 6.45) is 1.41. The van der Waals surface area contributed by atoms with E-state index >= 15 is 0 Å². The molecule has 7 heteroatoms. The van der Waals surface area contributed by atoms with E-state index in [1.807, 2.05) is 19.1 Å². The molecular formula is C23H19FN2O4. The molecule has 0 heterocycles. The molecule has 30 heavy (non-hydrogen) atoms. The fourth-order valence-corrected chi connectivity index (χ4v) is 2.53. The lowest BCUT2D eigenvalue weighted by molar-refractivity contribution is 0.0729. The molecule has 0 unspecified atom stereocenters. The molecule has 152 valence electrons. The third-order valence-electron chi connectivity index (χ3n) is 4.16. The second-order valence-electron chi connectivity index (χ2n) is 6.37. The Bertz CT molecular complexity index is 1080. The van der Waals surface area contributed by atoms with Crippen LogP contribution in [0.15, 0.2) is 71.8 Å². The normalized spacial score (nSPS) is 10.6. The standard InChI is InChI=1S/C23H19FN2O4/c1-15-3-6-18(7-4-15)23(28)30-20-12-5-16(13-21(20)29-2)14-25-26-22(27)17-8-10-19(24)11-9-17/h3-14H,1-2H3,(H,26,27). The van der Waals surface area contributed by atoms with Gasteiger partial charge in [-0.15, -0.1) is 0 Å². The monoisotopic (exact) mass is 406 g/mol. The van der Waals surface area contributed by atoms with Crippen molar-refractivity contribution in [1.82, 2.24) is 5.43 Å². The van der Waals surface area contributed by atoms with Crippen molar-refractivity contribution < 1.29 is 23.5 Å². The average Bonchev–Trinajstić information content (AvgIpc) is 2.75. The summed E-state index contributed by atoms with van der Waals surface area (Å²) in [5.41, 5.74) is 4.72. The number of aryl methyl sites for hydroxylation is 1. The molecule has 3 rings (SSSR count). The lowest BCUT2D eigenvalue weighted by Gasteiger charge is -2.10. The van der Waals surface area contributed by atoms with E-state index in [4.69, 9.17) is 9.47 Å². The zero-order valence-corrected chi connectivity index (χ0v) is 16.4. The van der Waals surface area contributed by atoms with Gasteiger partial charge in [-0.25, -0.2) is 14.6 Å². The minimum absolute atomic E-state index is 0.260. The minimum Gasteiger partial charge on any atom is -0.493 e. The van der Waals surface area contributed by atoms with Gasteiger partial charge in [0.2, 0.25) is 0 Å². The highest BCUT2D eigenvalue weighted by molar-refractivity contribution is 5.95. The highest BCUT2D eigenvalue weighted by Gasteiger charge is 2.13. The third-order valence-corrected chi connectivity index (χ3v) is 4.16. The molecule has 0 saturated heterocycles. The van der Waals surface area contributed by atoms with Crippen LogP contribution in [0.1, 0.15) is 31.8 Å². The Morgan fingerprint density at radius 2 is 1.60 bits per heavy atom. The van der Waals surface area contributed by atoms with E-state index in [1.54, 1.807) is 30.3 Å². The minimum atomic E-state index is -0.499. The number of nitrogens with one attached hydrogen (secondary N) is 1. The zero-order valence-electron chi connectivity index (χ0n) is 16.4. The number of benzene rings is 3. The van der Waals surface area contributed by atoms with Crippen LogP contribution >= 0.6 is 0 Å². The Hall–Kier alpha value is -4.00. The van der Waals surface area contributed by atoms with Crippen molar-refractivity contribution in [2.24, 2.45) is 5.10 Å². The summed E-state index contributed by atoms with van der Waals surface area (Å²) in [6.45, 7) is 1.93. The van der Waals surface area contributed by atoms with Crippen LogP contribution in [0, 0.1) is 12.7 Å². The van der Waals surface area contributed by atoms with Gasteiger partial charge < -0.3 is 9.47 Å². The summed E-state index contributed by atoms with van der Waals surface area (Å²) < 4.78 is 23.6. The molecular weight excluding hydrogens is 387 g/mol. The Balaban J connectivity index is 1.66. The first kappa shape index (κ1) is 20.7. The zero-order chi connectivity index (χ0) is 21.5. The molecule has 6 nitrogen and oxygen atoms in total. The summed E-state index contributed by atoms with van der Waals surface area (Å²) in [5.74, 6) is -0.798. The maximum atomic E-state index is 12.9. The number of rotatable bonds is 6. The second-order valence-corrected chi connectivity index (χ2v) is 6.37. The number of ether oxygens (including phenoxy) is 2. The molecule has 0 atom stereocenters. The van der Waals surface area contributed by atoms with E-state index in [2.05, 4.69) is 10.5 Å². The first-order chi connectivity index (χ1) is 14.5. The molecule has 0 bridgehead atoms. The molecule has 1 N–H and O–H groups in total. The molecule has 0 aliphatic rings. The molecule has 0 saturated carbocycles. The number of esters is 1. The number of nitrogens with zero attached hydrogens (tertiary/aromatic N) is 1. The van der Waals surface area contributed by atoms with Crippen LogP contribution in [-0.2, 0) is 0 Å². The Kier molecular flexibility index (Phi) is 6.54. The van der Waals surface area contributed by atoms with Crippen molar-refractivity contribution in [2.75, 3.05) is 7.11 Å². The number of hydrazone groups is 1. The van der Waals surface area contributed by atoms with Gasteiger partial charge in [-0.05, 0) is 67.1 Å². The first-order valence-electron chi connectivity index (χ1n) is 9.02. The molecule has 0 spiro atoms. The Morgan fingerprint density at radius 1 is 0.933 bits per heavy atom. The van der Waals surface area contributed by atoms with Crippen molar-refractivity contribution in [3.63, 3.8) is 0 Å². The van der Waals surface area contributed by atoms with Crippen molar-refractivity contribution in [2.45, 2.75) is 6.92 Å². The number of methoxy groups -OCH3 is 1. The predicted molar refractivity (Wildman–Crippen MR) is 111 cm³/mol. The Morgan fingerprint density at radius 3 is 2.27 bits per heavy atom. The van der Waals surface area contributed by atoms with E-state index in [-0.39, 0.29) is 11.3 Å². The summed E-state index contributed by atoms with van der Waals surface area (Å²) >= 11 is 0. The van der Waals surface area contributed by atoms with E-state index < -0.39 is 17.7 Å². The molecule has 3 aromatic rings. The number of carbonyl (C=O) groups is 2. The van der Waals surface area contributed by atoms with Gasteiger partial charge in [0.1, 0.15) is 5.82 Å². The molecule has 1 amide bonds. The van der Waals surface area contributed by atoms with E-state index in [0.29, 0.717) is 16.9 Å². The molecule has 0 fully saturated rings. The maximum Gasteiger partial charge on any atom is 0.343 e. The van der Waals surface area contributed by atoms with Crippen LogP contribution < -0.4 is 14.9 Å². The molecule has 0 aromatic heterocycles. The number of hydrogen-bond donors (Lipinski definition) is 1. The number of halogens is 1. The van der Waals surface area contributed by atoms with Crippen LogP contribution in [-0.4, -0.2) is 25.2 Å². The first-order valence-corrected chi connectivity index (χ1v) is 9.02. The molecule has 0 aliphatic carbocycles. The summed E-state index contributed by atoms with van der Waals surface area (Å²) in [4.78, 5) is 24.3. The summed E-state index contributed by atoms with van der Waals surface area (Å²) in [6, 6.07) is 17.0. The SMILES string of the molecule is COc1cc(C=NNC(=O)c2ccc(F)cc2)ccc1OC(=O)c1ccc(C)cc1. The largest absolute Gasteiger partial charge is 0.493 e. The topological polar surface area (TPSA) is 77.0 Å². The second kappa shape index (κ2) is 9.47. The fourth-order valence-electron chi connectivity index (χ4n) is 2.53. The lowest BCUT2D eigenvalue weighted by Crippen LogP contribution is -2.17. The van der Waals surface area contributed by atoms with Gasteiger partial charge in [0.05, 0.1) is 18.9 Å². The number of amides is 1. The predicted octanol–water partition coefficient (Wildman–Crippen LogP) is 4.13. The highest BCUT2D eigenvalue weighted by Crippen LogP contribution is 2.28. The number of hydrogen-bond acceptors (Lipinski definition) is 5. The van der Waals surface area contributed by atoms with Crippen molar-refractivity contribution >= 4 is 18.1 Å². The van der Waals surface area contributed by atoms with Gasteiger partial charge in [0.25, 0.3) is 5.91 Å². The van der Waals surface area contributed by atoms with Crippen molar-refractivity contribution in [3.8, 4) is 11.5 Å². The van der Waals surface area contributed by atoms with E-state index in [1.165, 1.54) is 37.6 Å². The van der Waals surface area contributed by atoms with Crippen molar-refractivity contribution in [3.05, 3.63) is 94.8 Å². The molecule has 0 radical (unpaired) electrons. The van der Waals surface area contributed by atoms with Crippen LogP contribution in [0.4, 0.5) is 4.39 Å². The Labute approximate surface area is 173 Å². The van der Waals surface area contributed by atoms with Gasteiger partial charge in [0.15, 0.2) is 11.5 Å². The van der Waals surface area contributed by atoms with Crippen LogP contribution in [0.3, 0.4) is 0 Å². The van der Waals surface area contributed by atoms with E-state index in [9.17, 15) is 14.0 Å². The van der Waals surface area contributed by atoms with Crippen LogP contribution in [0.25, 0.3) is 0 Å². The summed E-state index contributed by atoms with van der Waals surface area (Å²) in [7, 11) is 1.45. The molecule has 0 aliphatic heterocycles. The van der Waals surface area contributed by atoms with Crippen LogP contribution in [0.2, 0.25) is 0 Å². The number of carbonyl (C=O) groups excluding carboxylic acids is 2. The van der Waals surface area contributed by atoms with Gasteiger partial charge in [-0.1, -0.05) is 17.7 Å². The lowest BCUT2D eigenvalue weighted by atomic mass is 10.1. The van der Waals surface area contributed by atoms with Crippen molar-refractivity contribution in [1.29, 1.82) is 0 Å². The van der Waals surface area contributed by atoms with Gasteiger partial charge in [-0.3, -0.25) is 4.79 Å². The molecule has 3 aromatic carbocycles. The quantitative estimate of drug-likeness (QED) is 0.289. The highest BCUT2D eigenvalue weighted by atomic mass is 19.1. The smallest absolute Gasteiger partial charge is 0.343 e. The van der Waals surface area contributed by atoms with Crippen LogP contribution in [0.5, 0.6) is 11.5 Å². The van der Waals surface area contributed by atoms with E-state index in [0.717, 1.165) is 5.56 Å². The third kappa shape index (κ3) is 5.29.